The molecular weight excluding hydrogens is 254 g/mol. The lowest BCUT2D eigenvalue weighted by Gasteiger charge is -2.25. The van der Waals surface area contributed by atoms with E-state index in [1.165, 1.54) is 0 Å². The van der Waals surface area contributed by atoms with Crippen LogP contribution in [0.3, 0.4) is 0 Å². The van der Waals surface area contributed by atoms with E-state index in [0.29, 0.717) is 19.6 Å². The smallest absolute Gasteiger partial charge is 0.220 e. The molecule has 4 heteroatoms. The van der Waals surface area contributed by atoms with Crippen LogP contribution in [0.4, 0.5) is 0 Å². The van der Waals surface area contributed by atoms with Gasteiger partial charge >= 0.3 is 0 Å². The molecule has 3 rings (SSSR count). The van der Waals surface area contributed by atoms with E-state index < -0.39 is 0 Å². The Kier molecular flexibility index (Phi) is 3.72. The first-order valence-corrected chi connectivity index (χ1v) is 6.84. The van der Waals surface area contributed by atoms with Crippen molar-refractivity contribution in [3.05, 3.63) is 54.0 Å². The average Bonchev–Trinajstić information content (AvgIpc) is 2.99. The van der Waals surface area contributed by atoms with Gasteiger partial charge in [-0.2, -0.15) is 0 Å². The van der Waals surface area contributed by atoms with Gasteiger partial charge in [-0.1, -0.05) is 18.2 Å². The van der Waals surface area contributed by atoms with Crippen LogP contribution in [0.1, 0.15) is 30.1 Å². The average molecular weight is 271 g/mol. The molecule has 104 valence electrons. The quantitative estimate of drug-likeness (QED) is 0.930. The molecule has 0 saturated carbocycles. The maximum absolute atomic E-state index is 12.0. The normalized spacial score (nSPS) is 17.1. The van der Waals surface area contributed by atoms with Gasteiger partial charge in [-0.15, -0.1) is 0 Å². The molecular formula is C16H17NO3. The van der Waals surface area contributed by atoms with Crippen molar-refractivity contribution in [2.45, 2.75) is 25.3 Å². The van der Waals surface area contributed by atoms with Crippen LogP contribution in [0.5, 0.6) is 5.75 Å². The Hall–Kier alpha value is -2.23. The zero-order valence-corrected chi connectivity index (χ0v) is 11.2. The predicted octanol–water partition coefficient (Wildman–Crippen LogP) is 2.85. The molecule has 0 spiro atoms. The molecule has 1 N–H and O–H groups in total. The van der Waals surface area contributed by atoms with Crippen LogP contribution >= 0.6 is 0 Å². The van der Waals surface area contributed by atoms with Gasteiger partial charge < -0.3 is 14.5 Å². The molecule has 0 saturated heterocycles. The third-order valence-electron chi connectivity index (χ3n) is 3.55. The molecule has 1 aliphatic rings. The number of furan rings is 1. The number of ether oxygens (including phenoxy) is 1. The second kappa shape index (κ2) is 5.82. The van der Waals surface area contributed by atoms with Crippen molar-refractivity contribution in [1.29, 1.82) is 0 Å². The molecule has 1 aromatic heterocycles. The number of para-hydroxylation sites is 1. The van der Waals surface area contributed by atoms with Crippen LogP contribution in [0.15, 0.2) is 47.1 Å². The van der Waals surface area contributed by atoms with Crippen LogP contribution in [0, 0.1) is 0 Å². The van der Waals surface area contributed by atoms with E-state index in [4.69, 9.17) is 9.15 Å². The molecule has 0 fully saturated rings. The minimum atomic E-state index is 0.0445. The highest BCUT2D eigenvalue weighted by Crippen LogP contribution is 2.35. The highest BCUT2D eigenvalue weighted by molar-refractivity contribution is 5.77. The topological polar surface area (TPSA) is 51.5 Å². The van der Waals surface area contributed by atoms with E-state index >= 15 is 0 Å². The van der Waals surface area contributed by atoms with Crippen molar-refractivity contribution in [3.63, 3.8) is 0 Å². The summed E-state index contributed by atoms with van der Waals surface area (Å²) in [6.07, 6.45) is 2.97. The fraction of sp³-hybridized carbons (Fsp3) is 0.312. The van der Waals surface area contributed by atoms with Gasteiger partial charge in [0.1, 0.15) is 11.5 Å². The van der Waals surface area contributed by atoms with Gasteiger partial charge in [-0.25, -0.2) is 0 Å². The Balaban J connectivity index is 1.59. The second-order valence-electron chi connectivity index (χ2n) is 4.93. The molecule has 20 heavy (non-hydrogen) atoms. The Morgan fingerprint density at radius 3 is 3.00 bits per heavy atom. The van der Waals surface area contributed by atoms with Crippen LogP contribution in [0.2, 0.25) is 0 Å². The monoisotopic (exact) mass is 271 g/mol. The van der Waals surface area contributed by atoms with E-state index in [9.17, 15) is 4.79 Å². The highest BCUT2D eigenvalue weighted by atomic mass is 16.5. The van der Waals surface area contributed by atoms with Crippen molar-refractivity contribution in [3.8, 4) is 5.75 Å². The lowest BCUT2D eigenvalue weighted by atomic mass is 9.90. The number of carbonyl (C=O) groups excluding carboxylic acids is 1. The molecule has 1 atom stereocenters. The summed E-state index contributed by atoms with van der Waals surface area (Å²) in [6, 6.07) is 11.6. The Morgan fingerprint density at radius 2 is 2.15 bits per heavy atom. The summed E-state index contributed by atoms with van der Waals surface area (Å²) in [5.41, 5.74) is 1.13. The summed E-state index contributed by atoms with van der Waals surface area (Å²) in [6.45, 7) is 1.11. The number of hydrogen-bond acceptors (Lipinski definition) is 3. The zero-order valence-electron chi connectivity index (χ0n) is 11.2. The summed E-state index contributed by atoms with van der Waals surface area (Å²) in [4.78, 5) is 12.0. The van der Waals surface area contributed by atoms with Gasteiger partial charge in [0.2, 0.25) is 5.91 Å². The number of rotatable bonds is 4. The Bertz CT molecular complexity index is 577. The largest absolute Gasteiger partial charge is 0.493 e. The van der Waals surface area contributed by atoms with Crippen molar-refractivity contribution in [2.75, 3.05) is 6.61 Å². The lowest BCUT2D eigenvalue weighted by molar-refractivity contribution is -0.121. The van der Waals surface area contributed by atoms with E-state index in [-0.39, 0.29) is 11.8 Å². The first-order valence-electron chi connectivity index (χ1n) is 6.84. The fourth-order valence-electron chi connectivity index (χ4n) is 2.52. The van der Waals surface area contributed by atoms with Gasteiger partial charge in [-0.3, -0.25) is 4.79 Å². The van der Waals surface area contributed by atoms with Gasteiger partial charge in [0.15, 0.2) is 0 Å². The molecule has 2 heterocycles. The standard InChI is InChI=1S/C16H17NO3/c18-16(17-11-13-4-3-8-19-13)10-12-7-9-20-15-6-2-1-5-14(12)15/h1-6,8,12H,7,9-11H2,(H,17,18). The van der Waals surface area contributed by atoms with E-state index in [1.807, 2.05) is 36.4 Å². The van der Waals surface area contributed by atoms with Gasteiger partial charge in [0.05, 0.1) is 19.4 Å². The summed E-state index contributed by atoms with van der Waals surface area (Å²) >= 11 is 0. The van der Waals surface area contributed by atoms with E-state index in [0.717, 1.165) is 23.5 Å². The lowest BCUT2D eigenvalue weighted by Crippen LogP contribution is -2.26. The van der Waals surface area contributed by atoms with Crippen LogP contribution in [0.25, 0.3) is 0 Å². The first-order chi connectivity index (χ1) is 9.83. The number of fused-ring (bicyclic) bond motifs is 1. The maximum Gasteiger partial charge on any atom is 0.220 e. The predicted molar refractivity (Wildman–Crippen MR) is 74.5 cm³/mol. The Labute approximate surface area is 117 Å². The number of hydrogen-bond donors (Lipinski definition) is 1. The summed E-state index contributed by atoms with van der Waals surface area (Å²) < 4.78 is 10.8. The van der Waals surface area contributed by atoms with Crippen molar-refractivity contribution >= 4 is 5.91 Å². The van der Waals surface area contributed by atoms with E-state index in [2.05, 4.69) is 5.32 Å². The molecule has 2 aromatic rings. The summed E-state index contributed by atoms with van der Waals surface area (Å²) in [7, 11) is 0. The molecule has 1 aliphatic heterocycles. The molecule has 0 radical (unpaired) electrons. The van der Waals surface area contributed by atoms with Crippen molar-refractivity contribution < 1.29 is 13.9 Å². The summed E-state index contributed by atoms with van der Waals surface area (Å²) in [5, 5.41) is 2.89. The maximum atomic E-state index is 12.0. The van der Waals surface area contributed by atoms with E-state index in [1.54, 1.807) is 6.26 Å². The van der Waals surface area contributed by atoms with Crippen molar-refractivity contribution in [1.82, 2.24) is 5.32 Å². The zero-order chi connectivity index (χ0) is 13.8. The highest BCUT2D eigenvalue weighted by Gasteiger charge is 2.23. The molecule has 4 nitrogen and oxygen atoms in total. The molecule has 0 bridgehead atoms. The first kappa shape index (κ1) is 12.8. The number of nitrogens with one attached hydrogen (secondary N) is 1. The number of benzene rings is 1. The van der Waals surface area contributed by atoms with Crippen molar-refractivity contribution in [2.24, 2.45) is 0 Å². The second-order valence-corrected chi connectivity index (χ2v) is 4.93. The van der Waals surface area contributed by atoms with Gasteiger partial charge in [-0.05, 0) is 36.1 Å². The summed E-state index contributed by atoms with van der Waals surface area (Å²) in [5.74, 6) is 1.95. The fourth-order valence-corrected chi connectivity index (χ4v) is 2.52. The third-order valence-corrected chi connectivity index (χ3v) is 3.55. The molecule has 1 unspecified atom stereocenters. The molecule has 1 aromatic carbocycles. The van der Waals surface area contributed by atoms with Crippen LogP contribution in [-0.2, 0) is 11.3 Å². The SMILES string of the molecule is O=C(CC1CCOc2ccccc21)NCc1ccco1. The molecule has 0 aliphatic carbocycles. The van der Waals surface area contributed by atoms with Gasteiger partial charge in [0.25, 0.3) is 0 Å². The van der Waals surface area contributed by atoms with Crippen LogP contribution < -0.4 is 10.1 Å². The van der Waals surface area contributed by atoms with Crippen LogP contribution in [-0.4, -0.2) is 12.5 Å². The number of carbonyl (C=O) groups is 1. The minimum Gasteiger partial charge on any atom is -0.493 e. The van der Waals surface area contributed by atoms with Gasteiger partial charge in [0, 0.05) is 6.42 Å². The third kappa shape index (κ3) is 2.85. The minimum absolute atomic E-state index is 0.0445. The molecule has 1 amide bonds. The Morgan fingerprint density at radius 1 is 1.25 bits per heavy atom. The number of amides is 1.